The summed E-state index contributed by atoms with van der Waals surface area (Å²) in [5.41, 5.74) is 1.24. The van der Waals surface area contributed by atoms with E-state index < -0.39 is 0 Å². The Balaban J connectivity index is 1.44. The topological polar surface area (TPSA) is 104 Å². The van der Waals surface area contributed by atoms with Gasteiger partial charge in [0.15, 0.2) is 11.5 Å². The molecule has 2 atom stereocenters. The summed E-state index contributed by atoms with van der Waals surface area (Å²) in [6, 6.07) is 5.33. The van der Waals surface area contributed by atoms with Crippen molar-refractivity contribution in [2.45, 2.75) is 18.5 Å². The summed E-state index contributed by atoms with van der Waals surface area (Å²) in [4.78, 5) is 21.0. The molecule has 9 nitrogen and oxygen atoms in total. The van der Waals surface area contributed by atoms with Crippen molar-refractivity contribution in [3.05, 3.63) is 48.3 Å². The van der Waals surface area contributed by atoms with Crippen LogP contribution in [0.15, 0.2) is 43.2 Å². The monoisotopic (exact) mass is 496 g/mol. The molecule has 1 saturated heterocycles. The lowest BCUT2D eigenvalue weighted by Gasteiger charge is -2.32. The number of anilines is 1. The molecule has 0 spiro atoms. The molecule has 4 heterocycles. The fourth-order valence-electron chi connectivity index (χ4n) is 4.25. The summed E-state index contributed by atoms with van der Waals surface area (Å²) in [5.74, 6) is 2.05. The van der Waals surface area contributed by atoms with Crippen molar-refractivity contribution in [1.29, 1.82) is 0 Å². The number of hydrogen-bond donors (Lipinski definition) is 2. The second-order valence-electron chi connectivity index (χ2n) is 8.21. The summed E-state index contributed by atoms with van der Waals surface area (Å²) in [6.07, 6.45) is 5.50. The normalized spacial score (nSPS) is 19.1. The van der Waals surface area contributed by atoms with Crippen LogP contribution in [0.2, 0.25) is 5.02 Å². The molecule has 3 aromatic rings. The fourth-order valence-corrected chi connectivity index (χ4v) is 4.57. The van der Waals surface area contributed by atoms with E-state index >= 15 is 0 Å². The van der Waals surface area contributed by atoms with Gasteiger partial charge in [-0.25, -0.2) is 4.98 Å². The molecule has 0 unspecified atom stereocenters. The van der Waals surface area contributed by atoms with Crippen LogP contribution in [-0.4, -0.2) is 61.5 Å². The number of nitrogens with zero attached hydrogens (tertiary/aromatic N) is 2. The van der Waals surface area contributed by atoms with Gasteiger partial charge >= 0.3 is 0 Å². The van der Waals surface area contributed by atoms with Crippen molar-refractivity contribution in [3.8, 4) is 28.5 Å². The zero-order chi connectivity index (χ0) is 24.4. The Kier molecular flexibility index (Phi) is 6.61. The second-order valence-corrected chi connectivity index (χ2v) is 8.59. The summed E-state index contributed by atoms with van der Waals surface area (Å²) in [7, 11) is 1.55. The Labute approximate surface area is 207 Å². The van der Waals surface area contributed by atoms with Crippen molar-refractivity contribution >= 4 is 34.1 Å². The minimum atomic E-state index is -0.209. The van der Waals surface area contributed by atoms with E-state index in [-0.39, 0.29) is 18.0 Å². The Morgan fingerprint density at radius 3 is 2.77 bits per heavy atom. The van der Waals surface area contributed by atoms with Gasteiger partial charge in [0.05, 0.1) is 42.1 Å². The molecule has 0 aliphatic carbocycles. The highest BCUT2D eigenvalue weighted by Crippen LogP contribution is 2.48. The highest BCUT2D eigenvalue weighted by molar-refractivity contribution is 6.35. The maximum absolute atomic E-state index is 11.8. The van der Waals surface area contributed by atoms with Gasteiger partial charge in [0.2, 0.25) is 5.91 Å². The van der Waals surface area contributed by atoms with Gasteiger partial charge in [-0.3, -0.25) is 9.78 Å². The fraction of sp³-hybridized carbons (Fsp3) is 0.320. The van der Waals surface area contributed by atoms with Gasteiger partial charge in [-0.05, 0) is 24.6 Å². The second kappa shape index (κ2) is 9.97. The lowest BCUT2D eigenvalue weighted by molar-refractivity contribution is -0.117. The zero-order valence-corrected chi connectivity index (χ0v) is 19.9. The minimum absolute atomic E-state index is 0.0872. The predicted octanol–water partition coefficient (Wildman–Crippen LogP) is 3.60. The number of pyridine rings is 2. The van der Waals surface area contributed by atoms with E-state index in [1.807, 2.05) is 12.1 Å². The van der Waals surface area contributed by atoms with E-state index in [1.165, 1.54) is 6.08 Å². The number of benzene rings is 1. The number of nitrogens with one attached hydrogen (secondary N) is 2. The third-order valence-corrected chi connectivity index (χ3v) is 6.39. The van der Waals surface area contributed by atoms with Crippen LogP contribution in [0, 0.1) is 0 Å². The molecule has 2 aliphatic heterocycles. The molecular formula is C25H25ClN4O5. The molecule has 10 heteroatoms. The van der Waals surface area contributed by atoms with E-state index in [4.69, 9.17) is 30.5 Å². The molecule has 1 fully saturated rings. The van der Waals surface area contributed by atoms with Crippen LogP contribution in [0.25, 0.3) is 22.0 Å². The summed E-state index contributed by atoms with van der Waals surface area (Å²) in [5, 5.41) is 8.50. The first-order valence-electron chi connectivity index (χ1n) is 11.3. The van der Waals surface area contributed by atoms with Crippen molar-refractivity contribution in [2.75, 3.05) is 38.9 Å². The molecular weight excluding hydrogens is 472 g/mol. The zero-order valence-electron chi connectivity index (χ0n) is 19.2. The molecule has 0 radical (unpaired) electrons. The van der Waals surface area contributed by atoms with Gasteiger partial charge in [-0.15, -0.1) is 0 Å². The van der Waals surface area contributed by atoms with E-state index in [2.05, 4.69) is 27.2 Å². The minimum Gasteiger partial charge on any atom is -0.495 e. The summed E-state index contributed by atoms with van der Waals surface area (Å²) < 4.78 is 22.7. The van der Waals surface area contributed by atoms with Gasteiger partial charge in [-0.2, -0.15) is 0 Å². The van der Waals surface area contributed by atoms with Crippen molar-refractivity contribution in [1.82, 2.24) is 15.3 Å². The quantitative estimate of drug-likeness (QED) is 0.499. The molecule has 2 aromatic heterocycles. The molecule has 0 saturated carbocycles. The Hall–Kier alpha value is -3.56. The Bertz CT molecular complexity index is 1280. The average Bonchev–Trinajstić information content (AvgIpc) is 2.89. The highest BCUT2D eigenvalue weighted by atomic mass is 35.5. The lowest BCUT2D eigenvalue weighted by atomic mass is 10.0. The number of ether oxygens (including phenoxy) is 4. The number of methoxy groups -OCH3 is 1. The first kappa shape index (κ1) is 23.2. The summed E-state index contributed by atoms with van der Waals surface area (Å²) in [6.45, 7) is 5.44. The smallest absolute Gasteiger partial charge is 0.243 e. The highest BCUT2D eigenvalue weighted by Gasteiger charge is 2.27. The van der Waals surface area contributed by atoms with Crippen LogP contribution in [0.1, 0.15) is 6.42 Å². The predicted molar refractivity (Wildman–Crippen MR) is 133 cm³/mol. The van der Waals surface area contributed by atoms with Crippen LogP contribution >= 0.6 is 11.6 Å². The third kappa shape index (κ3) is 4.69. The summed E-state index contributed by atoms with van der Waals surface area (Å²) >= 11 is 6.65. The van der Waals surface area contributed by atoms with Crippen LogP contribution in [-0.2, 0) is 9.53 Å². The third-order valence-electron chi connectivity index (χ3n) is 6.02. The van der Waals surface area contributed by atoms with Gasteiger partial charge in [-0.1, -0.05) is 18.2 Å². The van der Waals surface area contributed by atoms with Crippen LogP contribution in [0.3, 0.4) is 0 Å². The van der Waals surface area contributed by atoms with Crippen molar-refractivity contribution < 1.29 is 23.7 Å². The number of carbonyl (C=O) groups is 1. The van der Waals surface area contributed by atoms with Crippen LogP contribution < -0.4 is 24.8 Å². The van der Waals surface area contributed by atoms with E-state index in [0.29, 0.717) is 72.2 Å². The van der Waals surface area contributed by atoms with Crippen molar-refractivity contribution in [2.24, 2.45) is 0 Å². The number of fused-ring (bicyclic) bond motifs is 2. The van der Waals surface area contributed by atoms with Gasteiger partial charge in [0.25, 0.3) is 0 Å². The largest absolute Gasteiger partial charge is 0.495 e. The number of amides is 1. The Morgan fingerprint density at radius 2 is 1.94 bits per heavy atom. The molecule has 1 amide bonds. The van der Waals surface area contributed by atoms with E-state index in [9.17, 15) is 4.79 Å². The first-order valence-corrected chi connectivity index (χ1v) is 11.6. The average molecular weight is 497 g/mol. The maximum Gasteiger partial charge on any atom is 0.243 e. The lowest BCUT2D eigenvalue weighted by Crippen LogP contribution is -2.52. The molecule has 0 bridgehead atoms. The molecule has 2 N–H and O–H groups in total. The number of halogens is 1. The van der Waals surface area contributed by atoms with Gasteiger partial charge in [0.1, 0.15) is 24.8 Å². The molecule has 35 heavy (non-hydrogen) atoms. The van der Waals surface area contributed by atoms with Gasteiger partial charge < -0.3 is 29.6 Å². The SMILES string of the molecule is C=CC(=O)N[C@H]1CCOC[C@H]1Nc1cc2cnc(-c3c(Cl)c(OC)cc4c3OCCO4)cc2cn1. The van der Waals surface area contributed by atoms with Crippen LogP contribution in [0.5, 0.6) is 17.2 Å². The van der Waals surface area contributed by atoms with Gasteiger partial charge in [0, 0.05) is 35.8 Å². The number of aromatic nitrogens is 2. The van der Waals surface area contributed by atoms with Crippen molar-refractivity contribution in [3.63, 3.8) is 0 Å². The molecule has 1 aromatic carbocycles. The number of rotatable bonds is 6. The number of carbonyl (C=O) groups excluding carboxylic acids is 1. The first-order chi connectivity index (χ1) is 17.1. The molecule has 2 aliphatic rings. The van der Waals surface area contributed by atoms with E-state index in [0.717, 1.165) is 10.8 Å². The Morgan fingerprint density at radius 1 is 1.14 bits per heavy atom. The van der Waals surface area contributed by atoms with E-state index in [1.54, 1.807) is 25.6 Å². The van der Waals surface area contributed by atoms with Crippen LogP contribution in [0.4, 0.5) is 5.82 Å². The maximum atomic E-state index is 11.8. The molecule has 5 rings (SSSR count). The number of hydrogen-bond acceptors (Lipinski definition) is 8. The standard InChI is InChI=1S/C25H25ClN4O5/c1-3-22(31)30-16-4-5-33-13-18(16)29-21-9-15-11-27-17(8-14(15)12-28-21)23-24(26)19(32-2)10-20-25(23)35-7-6-34-20/h3,8-12,16,18H,1,4-7,13H2,2H3,(H,28,29)(H,30,31)/t16-,18+/m0/s1. The molecule has 182 valence electrons.